The van der Waals surface area contributed by atoms with Crippen LogP contribution in [-0.2, 0) is 0 Å². The average Bonchev–Trinajstić information content (AvgIpc) is 2.37. The summed E-state index contributed by atoms with van der Waals surface area (Å²) in [5.74, 6) is 1.62. The van der Waals surface area contributed by atoms with Crippen molar-refractivity contribution >= 4 is 5.69 Å². The van der Waals surface area contributed by atoms with E-state index in [1.807, 2.05) is 24.3 Å². The van der Waals surface area contributed by atoms with Crippen LogP contribution in [0.15, 0.2) is 24.3 Å². The summed E-state index contributed by atoms with van der Waals surface area (Å²) in [5.41, 5.74) is 1.20. The SMILES string of the molecule is CC1CCN(c2cccc(OCC#N)c2)CC1. The van der Waals surface area contributed by atoms with Crippen molar-refractivity contribution < 1.29 is 4.74 Å². The fourth-order valence-electron chi connectivity index (χ4n) is 2.15. The van der Waals surface area contributed by atoms with Gasteiger partial charge in [0.2, 0.25) is 0 Å². The quantitative estimate of drug-likeness (QED) is 0.801. The van der Waals surface area contributed by atoms with Crippen molar-refractivity contribution in [2.24, 2.45) is 5.92 Å². The molecule has 1 aromatic carbocycles. The Morgan fingerprint density at radius 3 is 2.88 bits per heavy atom. The van der Waals surface area contributed by atoms with Gasteiger partial charge in [0, 0.05) is 24.8 Å². The van der Waals surface area contributed by atoms with Crippen molar-refractivity contribution in [2.45, 2.75) is 19.8 Å². The van der Waals surface area contributed by atoms with Gasteiger partial charge in [-0.3, -0.25) is 0 Å². The lowest BCUT2D eigenvalue weighted by atomic mass is 9.99. The number of rotatable bonds is 3. The minimum Gasteiger partial charge on any atom is -0.479 e. The number of nitriles is 1. The first-order chi connectivity index (χ1) is 8.29. The van der Waals surface area contributed by atoms with Crippen LogP contribution in [0.5, 0.6) is 5.75 Å². The van der Waals surface area contributed by atoms with Gasteiger partial charge in [0.15, 0.2) is 6.61 Å². The monoisotopic (exact) mass is 230 g/mol. The van der Waals surface area contributed by atoms with E-state index in [9.17, 15) is 0 Å². The summed E-state index contributed by atoms with van der Waals surface area (Å²) >= 11 is 0. The molecule has 0 amide bonds. The molecule has 0 saturated carbocycles. The van der Waals surface area contributed by atoms with Gasteiger partial charge in [-0.15, -0.1) is 0 Å². The van der Waals surface area contributed by atoms with Gasteiger partial charge >= 0.3 is 0 Å². The molecule has 1 fully saturated rings. The molecule has 0 atom stereocenters. The Morgan fingerprint density at radius 1 is 1.41 bits per heavy atom. The molecule has 0 aliphatic carbocycles. The standard InChI is InChI=1S/C14H18N2O/c1-12-5-8-16(9-6-12)13-3-2-4-14(11-13)17-10-7-15/h2-4,11-12H,5-6,8-10H2,1H3. The Bertz CT molecular complexity index is 403. The van der Waals surface area contributed by atoms with Crippen LogP contribution in [-0.4, -0.2) is 19.7 Å². The van der Waals surface area contributed by atoms with Crippen molar-refractivity contribution in [3.8, 4) is 11.8 Å². The normalized spacial score (nSPS) is 16.6. The molecule has 1 aliphatic heterocycles. The number of ether oxygens (including phenoxy) is 1. The zero-order valence-corrected chi connectivity index (χ0v) is 10.2. The van der Waals surface area contributed by atoms with Crippen molar-refractivity contribution in [3.05, 3.63) is 24.3 Å². The molecule has 3 nitrogen and oxygen atoms in total. The highest BCUT2D eigenvalue weighted by molar-refractivity contribution is 5.51. The van der Waals surface area contributed by atoms with E-state index >= 15 is 0 Å². The first kappa shape index (κ1) is 11.8. The maximum absolute atomic E-state index is 8.49. The number of nitrogens with zero attached hydrogens (tertiary/aromatic N) is 2. The van der Waals surface area contributed by atoms with Crippen LogP contribution in [0.3, 0.4) is 0 Å². The summed E-state index contributed by atoms with van der Waals surface area (Å²) in [6.07, 6.45) is 2.51. The number of piperidine rings is 1. The largest absolute Gasteiger partial charge is 0.479 e. The maximum atomic E-state index is 8.49. The predicted molar refractivity (Wildman–Crippen MR) is 68.2 cm³/mol. The fourth-order valence-corrected chi connectivity index (χ4v) is 2.15. The van der Waals surface area contributed by atoms with Crippen LogP contribution in [0, 0.1) is 17.2 Å². The number of benzene rings is 1. The van der Waals surface area contributed by atoms with Crippen molar-refractivity contribution in [1.29, 1.82) is 5.26 Å². The first-order valence-corrected chi connectivity index (χ1v) is 6.14. The molecule has 0 radical (unpaired) electrons. The Labute approximate surface area is 103 Å². The Balaban J connectivity index is 2.03. The van der Waals surface area contributed by atoms with Gasteiger partial charge in [-0.1, -0.05) is 13.0 Å². The van der Waals surface area contributed by atoms with Gasteiger partial charge in [-0.25, -0.2) is 0 Å². The van der Waals surface area contributed by atoms with E-state index in [2.05, 4.69) is 17.9 Å². The summed E-state index contributed by atoms with van der Waals surface area (Å²) in [6, 6.07) is 10.00. The molecule has 1 aliphatic rings. The highest BCUT2D eigenvalue weighted by atomic mass is 16.5. The van der Waals surface area contributed by atoms with E-state index in [0.717, 1.165) is 24.8 Å². The third kappa shape index (κ3) is 3.13. The summed E-state index contributed by atoms with van der Waals surface area (Å²) in [7, 11) is 0. The van der Waals surface area contributed by atoms with Crippen molar-refractivity contribution in [2.75, 3.05) is 24.6 Å². The third-order valence-electron chi connectivity index (χ3n) is 3.27. The second kappa shape index (κ2) is 5.58. The molecule has 1 aromatic rings. The molecule has 90 valence electrons. The van der Waals surface area contributed by atoms with Crippen LogP contribution in [0.25, 0.3) is 0 Å². The van der Waals surface area contributed by atoms with Crippen LogP contribution < -0.4 is 9.64 Å². The minimum atomic E-state index is 0.112. The van der Waals surface area contributed by atoms with Crippen molar-refractivity contribution in [3.63, 3.8) is 0 Å². The topological polar surface area (TPSA) is 36.3 Å². The number of hydrogen-bond donors (Lipinski definition) is 0. The van der Waals surface area contributed by atoms with E-state index in [0.29, 0.717) is 0 Å². The second-order valence-electron chi connectivity index (χ2n) is 4.61. The molecule has 17 heavy (non-hydrogen) atoms. The molecule has 1 saturated heterocycles. The average molecular weight is 230 g/mol. The molecule has 0 unspecified atom stereocenters. The fraction of sp³-hybridized carbons (Fsp3) is 0.500. The third-order valence-corrected chi connectivity index (χ3v) is 3.27. The minimum absolute atomic E-state index is 0.112. The molecular formula is C14H18N2O. The molecule has 1 heterocycles. The lowest BCUT2D eigenvalue weighted by Gasteiger charge is -2.32. The molecule has 0 spiro atoms. The maximum Gasteiger partial charge on any atom is 0.174 e. The van der Waals surface area contributed by atoms with E-state index < -0.39 is 0 Å². The second-order valence-corrected chi connectivity index (χ2v) is 4.61. The van der Waals surface area contributed by atoms with Gasteiger partial charge in [-0.2, -0.15) is 5.26 Å². The van der Waals surface area contributed by atoms with E-state index in [-0.39, 0.29) is 6.61 Å². The van der Waals surface area contributed by atoms with Crippen LogP contribution >= 0.6 is 0 Å². The van der Waals surface area contributed by atoms with Gasteiger partial charge in [0.25, 0.3) is 0 Å². The van der Waals surface area contributed by atoms with Gasteiger partial charge in [0.05, 0.1) is 0 Å². The molecule has 0 bridgehead atoms. The lowest BCUT2D eigenvalue weighted by molar-refractivity contribution is 0.368. The summed E-state index contributed by atoms with van der Waals surface area (Å²) in [6.45, 7) is 4.65. The van der Waals surface area contributed by atoms with Crippen molar-refractivity contribution in [1.82, 2.24) is 0 Å². The Hall–Kier alpha value is -1.69. The highest BCUT2D eigenvalue weighted by Gasteiger charge is 2.16. The smallest absolute Gasteiger partial charge is 0.174 e. The summed E-state index contributed by atoms with van der Waals surface area (Å²) < 4.78 is 5.32. The van der Waals surface area contributed by atoms with Crippen LogP contribution in [0.1, 0.15) is 19.8 Å². The number of hydrogen-bond acceptors (Lipinski definition) is 3. The highest BCUT2D eigenvalue weighted by Crippen LogP contribution is 2.25. The van der Waals surface area contributed by atoms with Gasteiger partial charge in [-0.05, 0) is 30.9 Å². The number of anilines is 1. The molecule has 0 aromatic heterocycles. The van der Waals surface area contributed by atoms with Gasteiger partial charge in [0.1, 0.15) is 11.8 Å². The van der Waals surface area contributed by atoms with E-state index in [1.54, 1.807) is 0 Å². The lowest BCUT2D eigenvalue weighted by Crippen LogP contribution is -2.32. The summed E-state index contributed by atoms with van der Waals surface area (Å²) in [4.78, 5) is 2.39. The van der Waals surface area contributed by atoms with Crippen LogP contribution in [0.4, 0.5) is 5.69 Å². The zero-order chi connectivity index (χ0) is 12.1. The first-order valence-electron chi connectivity index (χ1n) is 6.14. The Morgan fingerprint density at radius 2 is 2.18 bits per heavy atom. The molecular weight excluding hydrogens is 212 g/mol. The Kier molecular flexibility index (Phi) is 3.87. The van der Waals surface area contributed by atoms with E-state index in [1.165, 1.54) is 18.5 Å². The molecule has 3 heteroatoms. The summed E-state index contributed by atoms with van der Waals surface area (Å²) in [5, 5.41) is 8.49. The van der Waals surface area contributed by atoms with Gasteiger partial charge < -0.3 is 9.64 Å². The molecule has 2 rings (SSSR count). The zero-order valence-electron chi connectivity index (χ0n) is 10.2. The van der Waals surface area contributed by atoms with E-state index in [4.69, 9.17) is 10.00 Å². The predicted octanol–water partition coefficient (Wildman–Crippen LogP) is 2.83. The van der Waals surface area contributed by atoms with Crippen LogP contribution in [0.2, 0.25) is 0 Å². The molecule has 0 N–H and O–H groups in total.